The first-order valence-electron chi connectivity index (χ1n) is 7.29. The standard InChI is InChI=1S/C15H24N2O2/c1-4-9(2)11-7-12(18)14(13(19)8-11)15-16-6-5-10(3)17-15/h9-11,18H,4-8H2,1-3H3,(H,16,17). The number of aliphatic hydroxyl groups is 1. The minimum Gasteiger partial charge on any atom is -0.511 e. The van der Waals surface area contributed by atoms with Crippen LogP contribution >= 0.6 is 0 Å². The van der Waals surface area contributed by atoms with Gasteiger partial charge in [0.15, 0.2) is 5.78 Å². The topological polar surface area (TPSA) is 61.7 Å². The second-order valence-electron chi connectivity index (χ2n) is 5.86. The van der Waals surface area contributed by atoms with Crippen LogP contribution in [-0.4, -0.2) is 29.3 Å². The van der Waals surface area contributed by atoms with Crippen molar-refractivity contribution in [1.82, 2.24) is 5.32 Å². The molecule has 0 aromatic carbocycles. The molecule has 0 bridgehead atoms. The van der Waals surface area contributed by atoms with Crippen molar-refractivity contribution in [3.8, 4) is 0 Å². The van der Waals surface area contributed by atoms with Crippen LogP contribution in [0.1, 0.15) is 46.5 Å². The number of Topliss-reactive ketones (excluding diaryl/α,β-unsaturated/α-hetero) is 1. The summed E-state index contributed by atoms with van der Waals surface area (Å²) in [6.45, 7) is 7.07. The molecule has 0 fully saturated rings. The average molecular weight is 264 g/mol. The molecule has 106 valence electrons. The van der Waals surface area contributed by atoms with E-state index in [1.807, 2.05) is 0 Å². The Morgan fingerprint density at radius 2 is 2.21 bits per heavy atom. The Morgan fingerprint density at radius 1 is 1.47 bits per heavy atom. The third-order valence-electron chi connectivity index (χ3n) is 4.37. The maximum Gasteiger partial charge on any atom is 0.170 e. The molecule has 0 saturated heterocycles. The Labute approximate surface area is 115 Å². The number of hydrogen-bond donors (Lipinski definition) is 2. The van der Waals surface area contributed by atoms with Gasteiger partial charge in [-0.1, -0.05) is 20.3 Å². The first kappa shape index (κ1) is 14.1. The lowest BCUT2D eigenvalue weighted by Gasteiger charge is -2.30. The summed E-state index contributed by atoms with van der Waals surface area (Å²) >= 11 is 0. The molecule has 3 atom stereocenters. The number of ketones is 1. The fourth-order valence-corrected chi connectivity index (χ4v) is 2.80. The van der Waals surface area contributed by atoms with Crippen LogP contribution in [0.4, 0.5) is 0 Å². The largest absolute Gasteiger partial charge is 0.511 e. The Bertz CT molecular complexity index is 426. The van der Waals surface area contributed by atoms with E-state index in [1.165, 1.54) is 0 Å². The van der Waals surface area contributed by atoms with Crippen molar-refractivity contribution in [3.63, 3.8) is 0 Å². The number of carbonyl (C=O) groups excluding carboxylic acids is 1. The van der Waals surface area contributed by atoms with Crippen LogP contribution in [0.2, 0.25) is 0 Å². The van der Waals surface area contributed by atoms with E-state index in [1.54, 1.807) is 0 Å². The first-order valence-corrected chi connectivity index (χ1v) is 7.29. The molecule has 0 radical (unpaired) electrons. The van der Waals surface area contributed by atoms with E-state index in [0.717, 1.165) is 19.4 Å². The van der Waals surface area contributed by atoms with Crippen molar-refractivity contribution in [2.75, 3.05) is 6.54 Å². The second kappa shape index (κ2) is 5.76. The van der Waals surface area contributed by atoms with Gasteiger partial charge in [-0.25, -0.2) is 0 Å². The zero-order valence-corrected chi connectivity index (χ0v) is 12.1. The number of nitrogens with one attached hydrogen (secondary N) is 1. The van der Waals surface area contributed by atoms with E-state index in [9.17, 15) is 9.90 Å². The van der Waals surface area contributed by atoms with E-state index in [4.69, 9.17) is 0 Å². The quantitative estimate of drug-likeness (QED) is 0.823. The number of rotatable bonds is 3. The summed E-state index contributed by atoms with van der Waals surface area (Å²) in [6.07, 6.45) is 3.15. The highest BCUT2D eigenvalue weighted by molar-refractivity contribution is 6.22. The normalized spacial score (nSPS) is 29.8. The molecule has 4 nitrogen and oxygen atoms in total. The zero-order valence-electron chi connectivity index (χ0n) is 12.1. The molecule has 0 aromatic heterocycles. The third-order valence-corrected chi connectivity index (χ3v) is 4.37. The molecular formula is C15H24N2O2. The monoisotopic (exact) mass is 264 g/mol. The van der Waals surface area contributed by atoms with Gasteiger partial charge in [0.05, 0.1) is 5.57 Å². The smallest absolute Gasteiger partial charge is 0.170 e. The maximum atomic E-state index is 12.3. The highest BCUT2D eigenvalue weighted by Gasteiger charge is 2.33. The van der Waals surface area contributed by atoms with Crippen LogP contribution < -0.4 is 5.32 Å². The highest BCUT2D eigenvalue weighted by atomic mass is 16.3. The molecule has 3 unspecified atom stereocenters. The van der Waals surface area contributed by atoms with Gasteiger partial charge in [-0.05, 0) is 25.2 Å². The molecule has 2 rings (SSSR count). The van der Waals surface area contributed by atoms with Crippen LogP contribution in [0.5, 0.6) is 0 Å². The van der Waals surface area contributed by atoms with E-state index >= 15 is 0 Å². The van der Waals surface area contributed by atoms with Crippen molar-refractivity contribution >= 4 is 11.6 Å². The summed E-state index contributed by atoms with van der Waals surface area (Å²) in [5.41, 5.74) is 0.436. The van der Waals surface area contributed by atoms with Crippen LogP contribution in [0, 0.1) is 11.8 Å². The lowest BCUT2D eigenvalue weighted by molar-refractivity contribution is -0.117. The van der Waals surface area contributed by atoms with Gasteiger partial charge in [-0.15, -0.1) is 0 Å². The molecule has 0 aromatic rings. The minimum atomic E-state index is 0.0365. The predicted molar refractivity (Wildman–Crippen MR) is 76.4 cm³/mol. The van der Waals surface area contributed by atoms with Crippen LogP contribution in [0.3, 0.4) is 0 Å². The average Bonchev–Trinajstić information content (AvgIpc) is 2.37. The zero-order chi connectivity index (χ0) is 14.0. The summed E-state index contributed by atoms with van der Waals surface area (Å²) in [6, 6.07) is 0.313. The highest BCUT2D eigenvalue weighted by Crippen LogP contribution is 2.32. The molecule has 1 aliphatic carbocycles. The van der Waals surface area contributed by atoms with E-state index in [2.05, 4.69) is 31.1 Å². The number of aliphatic imine (C=N–C) groups is 1. The molecule has 1 heterocycles. The Morgan fingerprint density at radius 3 is 2.79 bits per heavy atom. The van der Waals surface area contributed by atoms with Gasteiger partial charge < -0.3 is 10.4 Å². The lowest BCUT2D eigenvalue weighted by Crippen LogP contribution is -2.41. The summed E-state index contributed by atoms with van der Waals surface area (Å²) in [7, 11) is 0. The fourth-order valence-electron chi connectivity index (χ4n) is 2.80. The Kier molecular flexibility index (Phi) is 4.27. The van der Waals surface area contributed by atoms with Crippen molar-refractivity contribution in [2.24, 2.45) is 16.8 Å². The molecule has 1 aliphatic heterocycles. The van der Waals surface area contributed by atoms with Crippen LogP contribution in [0.25, 0.3) is 0 Å². The van der Waals surface area contributed by atoms with E-state index < -0.39 is 0 Å². The number of hydrogen-bond acceptors (Lipinski definition) is 4. The number of nitrogens with zero attached hydrogens (tertiary/aromatic N) is 1. The maximum absolute atomic E-state index is 12.3. The molecule has 2 aliphatic rings. The lowest BCUT2D eigenvalue weighted by atomic mass is 9.78. The number of aliphatic hydroxyl groups excluding tert-OH is 1. The van der Waals surface area contributed by atoms with Gasteiger partial charge in [0.1, 0.15) is 11.6 Å². The molecule has 4 heteroatoms. The van der Waals surface area contributed by atoms with Crippen molar-refractivity contribution in [3.05, 3.63) is 11.3 Å². The van der Waals surface area contributed by atoms with Gasteiger partial charge in [-0.3, -0.25) is 9.79 Å². The van der Waals surface area contributed by atoms with Gasteiger partial charge >= 0.3 is 0 Å². The van der Waals surface area contributed by atoms with Gasteiger partial charge in [-0.2, -0.15) is 0 Å². The number of amidine groups is 1. The van der Waals surface area contributed by atoms with Crippen LogP contribution in [-0.2, 0) is 4.79 Å². The first-order chi connectivity index (χ1) is 9.02. The van der Waals surface area contributed by atoms with Crippen molar-refractivity contribution < 1.29 is 9.90 Å². The molecule has 0 spiro atoms. The molecule has 0 amide bonds. The molecule has 2 N–H and O–H groups in total. The molecule has 19 heavy (non-hydrogen) atoms. The number of carbonyl (C=O) groups is 1. The summed E-state index contributed by atoms with van der Waals surface area (Å²) < 4.78 is 0. The predicted octanol–water partition coefficient (Wildman–Crippen LogP) is 2.60. The Balaban J connectivity index is 2.21. The second-order valence-corrected chi connectivity index (χ2v) is 5.86. The summed E-state index contributed by atoms with van der Waals surface area (Å²) in [5.74, 6) is 1.59. The Hall–Kier alpha value is -1.32. The van der Waals surface area contributed by atoms with E-state index in [-0.39, 0.29) is 17.5 Å². The van der Waals surface area contributed by atoms with Gasteiger partial charge in [0, 0.05) is 25.4 Å². The molecular weight excluding hydrogens is 240 g/mol. The van der Waals surface area contributed by atoms with Gasteiger partial charge in [0.2, 0.25) is 0 Å². The van der Waals surface area contributed by atoms with Crippen LogP contribution in [0.15, 0.2) is 16.3 Å². The summed E-state index contributed by atoms with van der Waals surface area (Å²) in [4.78, 5) is 16.7. The van der Waals surface area contributed by atoms with Crippen molar-refractivity contribution in [1.29, 1.82) is 0 Å². The van der Waals surface area contributed by atoms with Gasteiger partial charge in [0.25, 0.3) is 0 Å². The summed E-state index contributed by atoms with van der Waals surface area (Å²) in [5, 5.41) is 13.4. The van der Waals surface area contributed by atoms with Crippen molar-refractivity contribution in [2.45, 2.75) is 52.5 Å². The fraction of sp³-hybridized carbons (Fsp3) is 0.733. The SMILES string of the molecule is CCC(C)C1CC(=O)C(C2=NCCC(C)N2)=C(O)C1. The minimum absolute atomic E-state index is 0.0365. The van der Waals surface area contributed by atoms with E-state index in [0.29, 0.717) is 36.2 Å². The third kappa shape index (κ3) is 2.99. The number of allylic oxidation sites excluding steroid dienone is 1. The molecule has 0 saturated carbocycles.